The van der Waals surface area contributed by atoms with E-state index in [1.807, 2.05) is 19.2 Å². The number of fused-ring (bicyclic) bond motifs is 1. The SMILES string of the molecule is CNCCn1c(C2CCCN(C(=O)CCCc3ccc(-c4cnc(N)nc4)cc3)C2)cc2c(Cl)cccc21. The van der Waals surface area contributed by atoms with Crippen molar-refractivity contribution in [2.75, 3.05) is 32.4 Å². The van der Waals surface area contributed by atoms with Crippen molar-refractivity contribution in [1.82, 2.24) is 24.8 Å². The van der Waals surface area contributed by atoms with Crippen LogP contribution in [0.1, 0.15) is 42.9 Å². The number of likely N-dealkylation sites (N-methyl/N-ethyl adjacent to an activating group) is 1. The highest BCUT2D eigenvalue weighted by Crippen LogP contribution is 2.34. The summed E-state index contributed by atoms with van der Waals surface area (Å²) in [5.74, 6) is 0.842. The van der Waals surface area contributed by atoms with Crippen molar-refractivity contribution in [3.8, 4) is 11.1 Å². The third-order valence-corrected chi connectivity index (χ3v) is 7.85. The summed E-state index contributed by atoms with van der Waals surface area (Å²) in [6.07, 6.45) is 7.85. The summed E-state index contributed by atoms with van der Waals surface area (Å²) in [6, 6.07) is 16.7. The summed E-state index contributed by atoms with van der Waals surface area (Å²) in [5.41, 5.74) is 11.2. The van der Waals surface area contributed by atoms with Gasteiger partial charge in [0.1, 0.15) is 0 Å². The van der Waals surface area contributed by atoms with Crippen molar-refractivity contribution >= 4 is 34.4 Å². The van der Waals surface area contributed by atoms with Gasteiger partial charge in [-0.1, -0.05) is 41.9 Å². The standard InChI is InChI=1S/C30H35ClN6O/c1-33-14-16-37-27-8-3-7-26(31)25(27)17-28(37)23-6-4-15-36(20-23)29(38)9-2-5-21-10-12-22(13-11-21)24-18-34-30(32)35-19-24/h3,7-8,10-13,17-19,23,33H,2,4-6,9,14-16,20H2,1H3,(H2,32,34,35). The molecule has 38 heavy (non-hydrogen) atoms. The maximum atomic E-state index is 13.2. The van der Waals surface area contributed by atoms with Gasteiger partial charge in [-0.15, -0.1) is 0 Å². The highest BCUT2D eigenvalue weighted by atomic mass is 35.5. The van der Waals surface area contributed by atoms with Gasteiger partial charge in [0, 0.05) is 78.1 Å². The number of halogens is 1. The van der Waals surface area contributed by atoms with E-state index in [-0.39, 0.29) is 11.9 Å². The van der Waals surface area contributed by atoms with Crippen LogP contribution in [0.5, 0.6) is 0 Å². The molecule has 8 heteroatoms. The van der Waals surface area contributed by atoms with Crippen LogP contribution in [0, 0.1) is 0 Å². The number of aryl methyl sites for hydroxylation is 1. The van der Waals surface area contributed by atoms with Crippen molar-refractivity contribution < 1.29 is 4.79 Å². The van der Waals surface area contributed by atoms with Gasteiger partial charge in [0.2, 0.25) is 11.9 Å². The summed E-state index contributed by atoms with van der Waals surface area (Å²) in [6.45, 7) is 3.37. The van der Waals surface area contributed by atoms with Gasteiger partial charge in [0.05, 0.1) is 0 Å². The van der Waals surface area contributed by atoms with Gasteiger partial charge in [0.15, 0.2) is 0 Å². The number of anilines is 1. The lowest BCUT2D eigenvalue weighted by atomic mass is 9.94. The maximum absolute atomic E-state index is 13.2. The quantitative estimate of drug-likeness (QED) is 0.307. The number of carbonyl (C=O) groups is 1. The van der Waals surface area contributed by atoms with Crippen LogP contribution < -0.4 is 11.1 Å². The molecular formula is C30H35ClN6O. The van der Waals surface area contributed by atoms with E-state index < -0.39 is 0 Å². The van der Waals surface area contributed by atoms with Crippen molar-refractivity contribution in [2.24, 2.45) is 0 Å². The molecule has 0 radical (unpaired) electrons. The first-order valence-electron chi connectivity index (χ1n) is 13.4. The zero-order chi connectivity index (χ0) is 26.5. The van der Waals surface area contributed by atoms with Gasteiger partial charge in [-0.3, -0.25) is 4.79 Å². The van der Waals surface area contributed by atoms with Gasteiger partial charge in [0.25, 0.3) is 0 Å². The Kier molecular flexibility index (Phi) is 8.25. The maximum Gasteiger partial charge on any atom is 0.222 e. The molecule has 1 saturated heterocycles. The molecule has 1 aliphatic rings. The normalized spacial score (nSPS) is 15.7. The van der Waals surface area contributed by atoms with E-state index >= 15 is 0 Å². The average molecular weight is 531 g/mol. The molecule has 0 bridgehead atoms. The number of nitrogens with zero attached hydrogens (tertiary/aromatic N) is 4. The van der Waals surface area contributed by atoms with Gasteiger partial charge >= 0.3 is 0 Å². The molecule has 198 valence electrons. The van der Waals surface area contributed by atoms with Crippen LogP contribution in [0.25, 0.3) is 22.0 Å². The Bertz CT molecular complexity index is 1380. The van der Waals surface area contributed by atoms with Crippen molar-refractivity contribution in [3.63, 3.8) is 0 Å². The summed E-state index contributed by atoms with van der Waals surface area (Å²) in [4.78, 5) is 23.4. The molecule has 0 aliphatic carbocycles. The Labute approximate surface area is 229 Å². The molecule has 1 atom stereocenters. The molecule has 4 aromatic rings. The highest BCUT2D eigenvalue weighted by Gasteiger charge is 2.27. The number of nitrogens with one attached hydrogen (secondary N) is 1. The third-order valence-electron chi connectivity index (χ3n) is 7.52. The second-order valence-corrected chi connectivity index (χ2v) is 10.5. The first-order valence-corrected chi connectivity index (χ1v) is 13.8. The van der Waals surface area contributed by atoms with Crippen LogP contribution in [-0.4, -0.2) is 52.0 Å². The molecule has 7 nitrogen and oxygen atoms in total. The van der Waals surface area contributed by atoms with Crippen molar-refractivity contribution in [1.29, 1.82) is 0 Å². The Morgan fingerprint density at radius 2 is 1.92 bits per heavy atom. The summed E-state index contributed by atoms with van der Waals surface area (Å²) >= 11 is 6.54. The fourth-order valence-electron chi connectivity index (χ4n) is 5.48. The fraction of sp³-hybridized carbons (Fsp3) is 0.367. The van der Waals surface area contributed by atoms with E-state index in [9.17, 15) is 4.79 Å². The number of rotatable bonds is 9. The molecule has 2 aromatic carbocycles. The predicted molar refractivity (Wildman–Crippen MR) is 154 cm³/mol. The van der Waals surface area contributed by atoms with Crippen LogP contribution in [0.4, 0.5) is 5.95 Å². The Morgan fingerprint density at radius 1 is 1.13 bits per heavy atom. The summed E-state index contributed by atoms with van der Waals surface area (Å²) in [5, 5.41) is 5.14. The van der Waals surface area contributed by atoms with E-state index in [0.29, 0.717) is 12.3 Å². The molecule has 1 amide bonds. The van der Waals surface area contributed by atoms with Gasteiger partial charge in [-0.25, -0.2) is 9.97 Å². The minimum Gasteiger partial charge on any atom is -0.368 e. The zero-order valence-electron chi connectivity index (χ0n) is 21.9. The monoisotopic (exact) mass is 530 g/mol. The van der Waals surface area contributed by atoms with Crippen molar-refractivity contribution in [2.45, 2.75) is 44.6 Å². The molecular weight excluding hydrogens is 496 g/mol. The number of amides is 1. The van der Waals surface area contributed by atoms with E-state index in [1.54, 1.807) is 12.4 Å². The molecule has 0 spiro atoms. The number of hydrogen-bond donors (Lipinski definition) is 2. The van der Waals surface area contributed by atoms with Crippen LogP contribution in [0.3, 0.4) is 0 Å². The summed E-state index contributed by atoms with van der Waals surface area (Å²) < 4.78 is 2.39. The number of carbonyl (C=O) groups excluding carboxylic acids is 1. The highest BCUT2D eigenvalue weighted by molar-refractivity contribution is 6.35. The molecule has 1 fully saturated rings. The third kappa shape index (κ3) is 5.84. The lowest BCUT2D eigenvalue weighted by molar-refractivity contribution is -0.132. The molecule has 2 aromatic heterocycles. The first-order chi connectivity index (χ1) is 18.5. The number of nitrogen functional groups attached to an aromatic ring is 1. The van der Waals surface area contributed by atoms with E-state index in [2.05, 4.69) is 61.1 Å². The van der Waals surface area contributed by atoms with E-state index in [0.717, 1.165) is 73.4 Å². The molecule has 0 saturated carbocycles. The number of piperidine rings is 1. The topological polar surface area (TPSA) is 89.1 Å². The van der Waals surface area contributed by atoms with Crippen LogP contribution in [-0.2, 0) is 17.8 Å². The van der Waals surface area contributed by atoms with Gasteiger partial charge in [-0.2, -0.15) is 0 Å². The number of benzene rings is 2. The number of likely N-dealkylation sites (tertiary alicyclic amines) is 1. The number of nitrogens with two attached hydrogens (primary N) is 1. The van der Waals surface area contributed by atoms with E-state index in [1.165, 1.54) is 16.8 Å². The molecule has 1 unspecified atom stereocenters. The van der Waals surface area contributed by atoms with Gasteiger partial charge in [-0.05, 0) is 62.1 Å². The van der Waals surface area contributed by atoms with E-state index in [4.69, 9.17) is 17.3 Å². The first kappa shape index (κ1) is 26.2. The predicted octanol–water partition coefficient (Wildman–Crippen LogP) is 5.28. The minimum atomic E-state index is 0.251. The largest absolute Gasteiger partial charge is 0.368 e. The van der Waals surface area contributed by atoms with Crippen LogP contribution in [0.2, 0.25) is 5.02 Å². The fourth-order valence-corrected chi connectivity index (χ4v) is 5.70. The Hall–Kier alpha value is -3.42. The Morgan fingerprint density at radius 3 is 2.68 bits per heavy atom. The Balaban J connectivity index is 1.19. The smallest absolute Gasteiger partial charge is 0.222 e. The summed E-state index contributed by atoms with van der Waals surface area (Å²) in [7, 11) is 1.97. The lowest BCUT2D eigenvalue weighted by Gasteiger charge is -2.33. The zero-order valence-corrected chi connectivity index (χ0v) is 22.6. The van der Waals surface area contributed by atoms with Crippen LogP contribution >= 0.6 is 11.6 Å². The van der Waals surface area contributed by atoms with Crippen molar-refractivity contribution in [3.05, 3.63) is 77.2 Å². The molecule has 5 rings (SSSR count). The molecule has 3 N–H and O–H groups in total. The lowest BCUT2D eigenvalue weighted by Crippen LogP contribution is -2.39. The molecule has 1 aliphatic heterocycles. The second-order valence-electron chi connectivity index (χ2n) is 10.1. The number of aromatic nitrogens is 3. The van der Waals surface area contributed by atoms with Gasteiger partial charge < -0.3 is 20.5 Å². The second kappa shape index (κ2) is 12.0. The number of hydrogen-bond acceptors (Lipinski definition) is 5. The minimum absolute atomic E-state index is 0.251. The average Bonchev–Trinajstić information content (AvgIpc) is 3.32. The van der Waals surface area contributed by atoms with Crippen LogP contribution in [0.15, 0.2) is 60.9 Å². The molecule has 3 heterocycles.